The molecular weight excluding hydrogens is 266 g/mol. The Labute approximate surface area is 122 Å². The summed E-state index contributed by atoms with van der Waals surface area (Å²) in [4.78, 5) is 15.3. The highest BCUT2D eigenvalue weighted by Gasteiger charge is 2.15. The molecule has 0 spiro atoms. The Balaban J connectivity index is 1.64. The largest absolute Gasteiger partial charge is 0.361 e. The van der Waals surface area contributed by atoms with Gasteiger partial charge in [-0.15, -0.1) is 0 Å². The summed E-state index contributed by atoms with van der Waals surface area (Å²) in [7, 11) is 0. The number of carbonyl (C=O) groups is 1. The number of hydrogen-bond donors (Lipinski definition) is 2. The predicted molar refractivity (Wildman–Crippen MR) is 80.3 cm³/mol. The SMILES string of the molecule is Cc1onc(C(=O)NCCc2c[nH]c3ccccc23)c1C. The number of fused-ring (bicyclic) bond motifs is 1. The highest BCUT2D eigenvalue weighted by atomic mass is 16.5. The lowest BCUT2D eigenvalue weighted by Gasteiger charge is -2.03. The van der Waals surface area contributed by atoms with Crippen LogP contribution in [0.1, 0.15) is 27.4 Å². The van der Waals surface area contributed by atoms with Crippen molar-refractivity contribution in [1.82, 2.24) is 15.5 Å². The van der Waals surface area contributed by atoms with Crippen molar-refractivity contribution in [2.45, 2.75) is 20.3 Å². The van der Waals surface area contributed by atoms with Gasteiger partial charge in [0.25, 0.3) is 5.91 Å². The van der Waals surface area contributed by atoms with Crippen molar-refractivity contribution < 1.29 is 9.32 Å². The zero-order valence-electron chi connectivity index (χ0n) is 12.1. The number of amides is 1. The summed E-state index contributed by atoms with van der Waals surface area (Å²) in [5.41, 5.74) is 3.46. The van der Waals surface area contributed by atoms with Gasteiger partial charge in [-0.2, -0.15) is 0 Å². The summed E-state index contributed by atoms with van der Waals surface area (Å²) < 4.78 is 5.01. The number of aromatic amines is 1. The molecule has 2 N–H and O–H groups in total. The second-order valence-corrected chi connectivity index (χ2v) is 5.08. The summed E-state index contributed by atoms with van der Waals surface area (Å²) >= 11 is 0. The number of aryl methyl sites for hydroxylation is 1. The molecule has 21 heavy (non-hydrogen) atoms. The van der Waals surface area contributed by atoms with Crippen LogP contribution in [0, 0.1) is 13.8 Å². The predicted octanol–water partition coefficient (Wildman–Crippen LogP) is 2.75. The molecular formula is C16H17N3O2. The van der Waals surface area contributed by atoms with E-state index in [1.807, 2.05) is 31.3 Å². The first-order valence-corrected chi connectivity index (χ1v) is 6.93. The molecule has 0 saturated heterocycles. The van der Waals surface area contributed by atoms with E-state index < -0.39 is 0 Å². The van der Waals surface area contributed by atoms with Crippen molar-refractivity contribution in [3.8, 4) is 0 Å². The van der Waals surface area contributed by atoms with Crippen LogP contribution in [0.5, 0.6) is 0 Å². The number of H-pyrrole nitrogens is 1. The Bertz CT molecular complexity index is 786. The molecule has 3 aromatic rings. The summed E-state index contributed by atoms with van der Waals surface area (Å²) in [5, 5.41) is 7.86. The maximum absolute atomic E-state index is 12.0. The molecule has 3 rings (SSSR count). The standard InChI is InChI=1S/C16H17N3O2/c1-10-11(2)21-19-15(10)16(20)17-8-7-12-9-18-14-6-4-3-5-13(12)14/h3-6,9,18H,7-8H2,1-2H3,(H,17,20). The Kier molecular flexibility index (Phi) is 3.48. The minimum Gasteiger partial charge on any atom is -0.361 e. The molecule has 2 heterocycles. The second kappa shape index (κ2) is 5.44. The minimum atomic E-state index is -0.191. The lowest BCUT2D eigenvalue weighted by Crippen LogP contribution is -2.26. The smallest absolute Gasteiger partial charge is 0.273 e. The fourth-order valence-electron chi connectivity index (χ4n) is 2.36. The van der Waals surface area contributed by atoms with Crippen LogP contribution >= 0.6 is 0 Å². The number of carbonyl (C=O) groups excluding carboxylic acids is 1. The maximum Gasteiger partial charge on any atom is 0.273 e. The first-order chi connectivity index (χ1) is 10.2. The summed E-state index contributed by atoms with van der Waals surface area (Å²) in [6.07, 6.45) is 2.76. The lowest BCUT2D eigenvalue weighted by atomic mass is 10.1. The van der Waals surface area contributed by atoms with E-state index >= 15 is 0 Å². The van der Waals surface area contributed by atoms with Gasteiger partial charge >= 0.3 is 0 Å². The molecule has 5 nitrogen and oxygen atoms in total. The highest BCUT2D eigenvalue weighted by Crippen LogP contribution is 2.17. The van der Waals surface area contributed by atoms with Gasteiger partial charge in [-0.1, -0.05) is 23.4 Å². The van der Waals surface area contributed by atoms with Crippen molar-refractivity contribution in [1.29, 1.82) is 0 Å². The van der Waals surface area contributed by atoms with Crippen LogP contribution in [0.15, 0.2) is 35.0 Å². The first kappa shape index (κ1) is 13.4. The Hall–Kier alpha value is -2.56. The molecule has 5 heteroatoms. The molecule has 0 bridgehead atoms. The van der Waals surface area contributed by atoms with E-state index in [1.165, 1.54) is 10.9 Å². The van der Waals surface area contributed by atoms with Gasteiger partial charge in [0.1, 0.15) is 5.76 Å². The number of hydrogen-bond acceptors (Lipinski definition) is 3. The van der Waals surface area contributed by atoms with Gasteiger partial charge in [-0.3, -0.25) is 4.79 Å². The Morgan fingerprint density at radius 3 is 2.90 bits per heavy atom. The molecule has 1 aromatic carbocycles. The van der Waals surface area contributed by atoms with Gasteiger partial charge in [-0.05, 0) is 31.9 Å². The summed E-state index contributed by atoms with van der Waals surface area (Å²) in [6, 6.07) is 8.13. The first-order valence-electron chi connectivity index (χ1n) is 6.93. The minimum absolute atomic E-state index is 0.191. The zero-order chi connectivity index (χ0) is 14.8. The van der Waals surface area contributed by atoms with Crippen molar-refractivity contribution in [3.63, 3.8) is 0 Å². The average molecular weight is 283 g/mol. The second-order valence-electron chi connectivity index (χ2n) is 5.08. The third kappa shape index (κ3) is 2.54. The molecule has 1 amide bonds. The van der Waals surface area contributed by atoms with Crippen LogP contribution in [0.3, 0.4) is 0 Å². The van der Waals surface area contributed by atoms with Crippen LogP contribution in [0.4, 0.5) is 0 Å². The van der Waals surface area contributed by atoms with Crippen LogP contribution in [-0.2, 0) is 6.42 Å². The molecule has 0 aliphatic heterocycles. The number of nitrogens with zero attached hydrogens (tertiary/aromatic N) is 1. The maximum atomic E-state index is 12.0. The topological polar surface area (TPSA) is 70.9 Å². The van der Waals surface area contributed by atoms with E-state index in [9.17, 15) is 4.79 Å². The van der Waals surface area contributed by atoms with E-state index in [0.717, 1.165) is 17.5 Å². The van der Waals surface area contributed by atoms with Crippen molar-refractivity contribution >= 4 is 16.8 Å². The quantitative estimate of drug-likeness (QED) is 0.773. The summed E-state index contributed by atoms with van der Waals surface area (Å²) in [6.45, 7) is 4.19. The van der Waals surface area contributed by atoms with Gasteiger partial charge in [0.05, 0.1) is 0 Å². The van der Waals surface area contributed by atoms with Gasteiger partial charge in [0.2, 0.25) is 0 Å². The molecule has 108 valence electrons. The van der Waals surface area contributed by atoms with Crippen LogP contribution < -0.4 is 5.32 Å². The van der Waals surface area contributed by atoms with Crippen molar-refractivity contribution in [2.24, 2.45) is 0 Å². The summed E-state index contributed by atoms with van der Waals surface area (Å²) in [5.74, 6) is 0.487. The fraction of sp³-hybridized carbons (Fsp3) is 0.250. The van der Waals surface area contributed by atoms with E-state index in [4.69, 9.17) is 4.52 Å². The molecule has 0 radical (unpaired) electrons. The molecule has 0 saturated carbocycles. The van der Waals surface area contributed by atoms with Gasteiger partial charge in [-0.25, -0.2) is 0 Å². The van der Waals surface area contributed by atoms with Gasteiger partial charge in [0.15, 0.2) is 5.69 Å². The number of nitrogens with one attached hydrogen (secondary N) is 2. The van der Waals surface area contributed by atoms with Crippen molar-refractivity contribution in [3.05, 3.63) is 53.0 Å². The van der Waals surface area contributed by atoms with E-state index in [2.05, 4.69) is 21.5 Å². The van der Waals surface area contributed by atoms with Crippen LogP contribution in [-0.4, -0.2) is 22.6 Å². The van der Waals surface area contributed by atoms with Crippen LogP contribution in [0.2, 0.25) is 0 Å². The van der Waals surface area contributed by atoms with E-state index in [-0.39, 0.29) is 5.91 Å². The van der Waals surface area contributed by atoms with E-state index in [0.29, 0.717) is 18.0 Å². The average Bonchev–Trinajstić information content (AvgIpc) is 3.04. The lowest BCUT2D eigenvalue weighted by molar-refractivity contribution is 0.0944. The molecule has 0 atom stereocenters. The molecule has 0 aliphatic carbocycles. The van der Waals surface area contributed by atoms with Gasteiger partial charge < -0.3 is 14.8 Å². The normalized spacial score (nSPS) is 11.0. The third-order valence-electron chi connectivity index (χ3n) is 3.73. The van der Waals surface area contributed by atoms with Crippen LogP contribution in [0.25, 0.3) is 10.9 Å². The molecule has 2 aromatic heterocycles. The third-order valence-corrected chi connectivity index (χ3v) is 3.73. The van der Waals surface area contributed by atoms with E-state index in [1.54, 1.807) is 6.92 Å². The number of benzene rings is 1. The Morgan fingerprint density at radius 1 is 1.33 bits per heavy atom. The highest BCUT2D eigenvalue weighted by molar-refractivity contribution is 5.93. The number of para-hydroxylation sites is 1. The van der Waals surface area contributed by atoms with Gasteiger partial charge in [0, 0.05) is 29.2 Å². The van der Waals surface area contributed by atoms with Crippen molar-refractivity contribution in [2.75, 3.05) is 6.54 Å². The fourth-order valence-corrected chi connectivity index (χ4v) is 2.36. The molecule has 0 unspecified atom stereocenters. The molecule has 0 aliphatic rings. The molecule has 0 fully saturated rings. The number of aromatic nitrogens is 2. The monoisotopic (exact) mass is 283 g/mol. The Morgan fingerprint density at radius 2 is 2.14 bits per heavy atom. The number of rotatable bonds is 4. The zero-order valence-corrected chi connectivity index (χ0v) is 12.1.